The second kappa shape index (κ2) is 9.16. The van der Waals surface area contributed by atoms with Gasteiger partial charge in [-0.25, -0.2) is 0 Å². The van der Waals surface area contributed by atoms with E-state index in [2.05, 4.69) is 60.1 Å². The Labute approximate surface area is 218 Å². The number of aliphatic hydroxyl groups excluding tert-OH is 1. The van der Waals surface area contributed by atoms with Crippen LogP contribution in [0.4, 0.5) is 0 Å². The lowest BCUT2D eigenvalue weighted by molar-refractivity contribution is -0.0102. The third kappa shape index (κ3) is 3.86. The molecule has 2 saturated carbocycles. The molecule has 0 bridgehead atoms. The van der Waals surface area contributed by atoms with Gasteiger partial charge in [0.15, 0.2) is 11.5 Å². The molecule has 1 heterocycles. The smallest absolute Gasteiger partial charge is 0.231 e. The molecular formula is C29H35N3O3S. The molecule has 4 aliphatic carbocycles. The van der Waals surface area contributed by atoms with Crippen molar-refractivity contribution in [1.82, 2.24) is 5.43 Å². The van der Waals surface area contributed by atoms with Crippen LogP contribution >= 0.6 is 12.6 Å². The Balaban J connectivity index is 1.46. The minimum absolute atomic E-state index is 0.0466. The number of hydrazone groups is 1. The third-order valence-corrected chi connectivity index (χ3v) is 9.33. The quantitative estimate of drug-likeness (QED) is 0.211. The van der Waals surface area contributed by atoms with Crippen molar-refractivity contribution in [2.24, 2.45) is 34.0 Å². The zero-order valence-electron chi connectivity index (χ0n) is 21.0. The van der Waals surface area contributed by atoms with Crippen molar-refractivity contribution < 1.29 is 14.6 Å². The number of rotatable bonds is 3. The second-order valence-corrected chi connectivity index (χ2v) is 11.6. The molecule has 0 radical (unpaired) electrons. The SMILES string of the molecule is CC#CC1C[C@H]2[C@@H]3CCC4=CC(=NNC(N)S)CCC4=C3[C@@H](c3ccc4c(c3)OCO4)C[C@]2(C)[C@H]1O. The molecule has 0 amide bonds. The number of hydrogen-bond acceptors (Lipinski definition) is 7. The molecule has 0 spiro atoms. The molecule has 6 rings (SSSR count). The molecule has 0 aromatic heterocycles. The van der Waals surface area contributed by atoms with Crippen molar-refractivity contribution in [1.29, 1.82) is 0 Å². The summed E-state index contributed by atoms with van der Waals surface area (Å²) in [5, 5.41) is 16.0. The van der Waals surface area contributed by atoms with Crippen molar-refractivity contribution in [3.63, 3.8) is 0 Å². The number of allylic oxidation sites excluding steroid dienone is 4. The minimum atomic E-state index is -0.467. The number of nitrogens with zero attached hydrogens (tertiary/aromatic N) is 1. The summed E-state index contributed by atoms with van der Waals surface area (Å²) in [5.74, 6) is 9.22. The Morgan fingerprint density at radius 2 is 2.08 bits per heavy atom. The van der Waals surface area contributed by atoms with Crippen LogP contribution in [0.2, 0.25) is 0 Å². The standard InChI is InChI=1S/C29H35N3O3S/c1-3-4-18-12-23-21-8-5-16-11-19(31-32-28(30)36)7-9-20(16)26(21)22(14-29(23,2)27(18)33)17-6-10-24-25(13-17)35-15-34-24/h6,10-11,13,18,21-23,27-28,32-33,36H,5,7-9,12,14-15,30H2,1-2H3/t18?,21-,22+,23-,27-,28?,29-/m0/s1. The monoisotopic (exact) mass is 505 g/mol. The molecule has 5 aliphatic rings. The fraction of sp³-hybridized carbons (Fsp3) is 0.552. The van der Waals surface area contributed by atoms with Gasteiger partial charge in [-0.2, -0.15) is 5.10 Å². The van der Waals surface area contributed by atoms with E-state index >= 15 is 0 Å². The summed E-state index contributed by atoms with van der Waals surface area (Å²) >= 11 is 4.18. The van der Waals surface area contributed by atoms with Gasteiger partial charge in [0, 0.05) is 11.8 Å². The zero-order chi connectivity index (χ0) is 25.0. The summed E-state index contributed by atoms with van der Waals surface area (Å²) in [5.41, 5.74) is 14.7. The van der Waals surface area contributed by atoms with E-state index in [1.165, 1.54) is 16.7 Å². The van der Waals surface area contributed by atoms with Crippen molar-refractivity contribution in [2.75, 3.05) is 6.79 Å². The van der Waals surface area contributed by atoms with Gasteiger partial charge in [0.2, 0.25) is 6.79 Å². The molecule has 36 heavy (non-hydrogen) atoms. The van der Waals surface area contributed by atoms with Crippen LogP contribution in [-0.4, -0.2) is 29.2 Å². The van der Waals surface area contributed by atoms with Crippen LogP contribution < -0.4 is 20.6 Å². The fourth-order valence-corrected chi connectivity index (χ4v) is 7.75. The van der Waals surface area contributed by atoms with E-state index in [1.807, 2.05) is 13.0 Å². The topological polar surface area (TPSA) is 89.1 Å². The van der Waals surface area contributed by atoms with Crippen LogP contribution in [0.15, 0.2) is 46.1 Å². The maximum atomic E-state index is 11.5. The van der Waals surface area contributed by atoms with Crippen LogP contribution in [0, 0.1) is 35.0 Å². The van der Waals surface area contributed by atoms with Crippen LogP contribution in [-0.2, 0) is 0 Å². The molecule has 7 atom stereocenters. The van der Waals surface area contributed by atoms with Crippen LogP contribution in [0.5, 0.6) is 11.5 Å². The van der Waals surface area contributed by atoms with E-state index in [0.29, 0.717) is 11.8 Å². The highest BCUT2D eigenvalue weighted by Gasteiger charge is 2.59. The average molecular weight is 506 g/mol. The average Bonchev–Trinajstić information content (AvgIpc) is 3.44. The number of aliphatic hydroxyl groups is 1. The number of nitrogens with two attached hydrogens (primary N) is 1. The van der Waals surface area contributed by atoms with Crippen molar-refractivity contribution in [3.05, 3.63) is 46.6 Å². The van der Waals surface area contributed by atoms with E-state index in [4.69, 9.17) is 15.2 Å². The summed E-state index contributed by atoms with van der Waals surface area (Å²) in [6.07, 6.45) is 7.73. The Morgan fingerprint density at radius 1 is 1.25 bits per heavy atom. The van der Waals surface area contributed by atoms with Gasteiger partial charge in [-0.05, 0) is 97.6 Å². The normalized spacial score (nSPS) is 36.3. The Hall–Kier alpha value is -2.40. The number of hydrogen-bond donors (Lipinski definition) is 4. The molecule has 1 aliphatic heterocycles. The third-order valence-electron chi connectivity index (χ3n) is 9.22. The van der Waals surface area contributed by atoms with Crippen LogP contribution in [0.3, 0.4) is 0 Å². The number of thiol groups is 1. The van der Waals surface area contributed by atoms with Crippen molar-refractivity contribution in [3.8, 4) is 23.3 Å². The zero-order valence-corrected chi connectivity index (χ0v) is 21.9. The number of nitrogens with one attached hydrogen (secondary N) is 1. The summed E-state index contributed by atoms with van der Waals surface area (Å²) in [6, 6.07) is 6.40. The highest BCUT2D eigenvalue weighted by atomic mass is 32.1. The van der Waals surface area contributed by atoms with Gasteiger partial charge < -0.3 is 20.3 Å². The summed E-state index contributed by atoms with van der Waals surface area (Å²) < 4.78 is 11.4. The first-order valence-electron chi connectivity index (χ1n) is 13.1. The highest BCUT2D eigenvalue weighted by molar-refractivity contribution is 7.80. The maximum Gasteiger partial charge on any atom is 0.231 e. The molecule has 4 N–H and O–H groups in total. The minimum Gasteiger partial charge on any atom is -0.454 e. The van der Waals surface area contributed by atoms with Gasteiger partial charge >= 0.3 is 0 Å². The molecule has 6 nitrogen and oxygen atoms in total. The first-order valence-corrected chi connectivity index (χ1v) is 13.6. The highest BCUT2D eigenvalue weighted by Crippen LogP contribution is 2.65. The Kier molecular flexibility index (Phi) is 6.10. The molecule has 7 heteroatoms. The predicted molar refractivity (Wildman–Crippen MR) is 144 cm³/mol. The van der Waals surface area contributed by atoms with E-state index < -0.39 is 11.6 Å². The van der Waals surface area contributed by atoms with Crippen molar-refractivity contribution >= 4 is 18.3 Å². The number of fused-ring (bicyclic) bond motifs is 5. The molecular weight excluding hydrogens is 470 g/mol. The van der Waals surface area contributed by atoms with E-state index in [0.717, 1.165) is 55.7 Å². The summed E-state index contributed by atoms with van der Waals surface area (Å²) in [7, 11) is 0. The largest absolute Gasteiger partial charge is 0.454 e. The van der Waals surface area contributed by atoms with E-state index in [1.54, 1.807) is 5.57 Å². The summed E-state index contributed by atoms with van der Waals surface area (Å²) in [4.78, 5) is 0. The van der Waals surface area contributed by atoms with Gasteiger partial charge in [0.1, 0.15) is 5.50 Å². The first-order chi connectivity index (χ1) is 17.4. The molecule has 1 aromatic rings. The molecule has 0 saturated heterocycles. The van der Waals surface area contributed by atoms with Gasteiger partial charge in [-0.1, -0.05) is 24.5 Å². The Bertz CT molecular complexity index is 1230. The lowest BCUT2D eigenvalue weighted by atomic mass is 9.53. The molecule has 2 unspecified atom stereocenters. The predicted octanol–water partition coefficient (Wildman–Crippen LogP) is 4.47. The van der Waals surface area contributed by atoms with E-state index in [9.17, 15) is 5.11 Å². The van der Waals surface area contributed by atoms with Crippen LogP contribution in [0.1, 0.15) is 63.9 Å². The maximum absolute atomic E-state index is 11.5. The lowest BCUT2D eigenvalue weighted by Crippen LogP contribution is -2.45. The molecule has 1 aromatic carbocycles. The van der Waals surface area contributed by atoms with Crippen LogP contribution in [0.25, 0.3) is 0 Å². The first kappa shape index (κ1) is 24.0. The number of ether oxygens (including phenoxy) is 2. The van der Waals surface area contributed by atoms with Gasteiger partial charge in [0.25, 0.3) is 0 Å². The lowest BCUT2D eigenvalue weighted by Gasteiger charge is -2.52. The summed E-state index contributed by atoms with van der Waals surface area (Å²) in [6.45, 7) is 4.47. The Morgan fingerprint density at radius 3 is 2.89 bits per heavy atom. The van der Waals surface area contributed by atoms with Gasteiger partial charge in [-0.3, -0.25) is 5.43 Å². The number of benzene rings is 1. The second-order valence-electron chi connectivity index (χ2n) is 11.1. The fourth-order valence-electron chi connectivity index (χ4n) is 7.69. The molecule has 2 fully saturated rings. The van der Waals surface area contributed by atoms with Gasteiger partial charge in [-0.15, -0.1) is 18.5 Å². The van der Waals surface area contributed by atoms with Gasteiger partial charge in [0.05, 0.1) is 11.8 Å². The van der Waals surface area contributed by atoms with Crippen molar-refractivity contribution in [2.45, 2.75) is 69.9 Å². The van der Waals surface area contributed by atoms with E-state index in [-0.39, 0.29) is 24.0 Å². The molecule has 190 valence electrons.